The lowest BCUT2D eigenvalue weighted by Crippen LogP contribution is -1.98. The first-order valence-electron chi connectivity index (χ1n) is 7.41. The van der Waals surface area contributed by atoms with Crippen LogP contribution in [-0.2, 0) is 6.42 Å². The Bertz CT molecular complexity index is 561. The van der Waals surface area contributed by atoms with Crippen molar-refractivity contribution in [2.75, 3.05) is 5.73 Å². The lowest BCUT2D eigenvalue weighted by Gasteiger charge is -2.04. The standard InChI is InChI=1S/C16H21N3O/c1-2-11-3-6-13(9-11)16-18-15(20-19-16)10-12-4-7-14(17)8-5-12/h4-5,7-8,11,13H,2-3,6,9-10,17H2,1H3. The molecule has 106 valence electrons. The molecule has 0 spiro atoms. The van der Waals surface area contributed by atoms with Crippen molar-refractivity contribution in [1.82, 2.24) is 10.1 Å². The third-order valence-electron chi connectivity index (χ3n) is 4.30. The SMILES string of the molecule is CCC1CCC(c2noc(Cc3ccc(N)cc3)n2)C1. The second-order valence-corrected chi connectivity index (χ2v) is 5.75. The summed E-state index contributed by atoms with van der Waals surface area (Å²) >= 11 is 0. The molecule has 0 amide bonds. The Morgan fingerprint density at radius 3 is 2.75 bits per heavy atom. The van der Waals surface area contributed by atoms with Gasteiger partial charge in [-0.25, -0.2) is 0 Å². The molecule has 2 unspecified atom stereocenters. The van der Waals surface area contributed by atoms with E-state index in [-0.39, 0.29) is 0 Å². The Balaban J connectivity index is 1.66. The number of nitrogens with two attached hydrogens (primary N) is 1. The lowest BCUT2D eigenvalue weighted by atomic mass is 10.0. The van der Waals surface area contributed by atoms with Gasteiger partial charge in [0, 0.05) is 11.6 Å². The van der Waals surface area contributed by atoms with Gasteiger partial charge in [-0.2, -0.15) is 4.98 Å². The van der Waals surface area contributed by atoms with E-state index in [1.807, 2.05) is 24.3 Å². The van der Waals surface area contributed by atoms with Crippen molar-refractivity contribution in [3.05, 3.63) is 41.5 Å². The maximum Gasteiger partial charge on any atom is 0.231 e. The molecule has 1 fully saturated rings. The Labute approximate surface area is 119 Å². The van der Waals surface area contributed by atoms with Gasteiger partial charge in [0.15, 0.2) is 5.82 Å². The van der Waals surface area contributed by atoms with Crippen molar-refractivity contribution in [2.24, 2.45) is 5.92 Å². The number of nitrogen functional groups attached to an aromatic ring is 1. The Morgan fingerprint density at radius 1 is 1.25 bits per heavy atom. The van der Waals surface area contributed by atoms with Crippen LogP contribution in [0.15, 0.2) is 28.8 Å². The third-order valence-corrected chi connectivity index (χ3v) is 4.30. The average Bonchev–Trinajstić information content (AvgIpc) is 3.10. The minimum atomic E-state index is 0.490. The predicted octanol–water partition coefficient (Wildman–Crippen LogP) is 3.54. The molecule has 4 heteroatoms. The number of hydrogen-bond acceptors (Lipinski definition) is 4. The number of rotatable bonds is 4. The largest absolute Gasteiger partial charge is 0.399 e. The monoisotopic (exact) mass is 271 g/mol. The van der Waals surface area contributed by atoms with Crippen molar-refractivity contribution in [2.45, 2.75) is 44.9 Å². The molecule has 0 saturated heterocycles. The van der Waals surface area contributed by atoms with Crippen LogP contribution in [0.1, 0.15) is 55.8 Å². The van der Waals surface area contributed by atoms with E-state index in [1.165, 1.54) is 25.7 Å². The van der Waals surface area contributed by atoms with E-state index in [0.29, 0.717) is 18.2 Å². The molecule has 2 aromatic rings. The fraction of sp³-hybridized carbons (Fsp3) is 0.500. The Kier molecular flexibility index (Phi) is 3.72. The topological polar surface area (TPSA) is 64.9 Å². The number of benzene rings is 1. The van der Waals surface area contributed by atoms with Crippen molar-refractivity contribution in [1.29, 1.82) is 0 Å². The molecule has 0 bridgehead atoms. The minimum absolute atomic E-state index is 0.490. The Hall–Kier alpha value is -1.84. The van der Waals surface area contributed by atoms with E-state index >= 15 is 0 Å². The fourth-order valence-corrected chi connectivity index (χ4v) is 3.00. The van der Waals surface area contributed by atoms with E-state index < -0.39 is 0 Å². The summed E-state index contributed by atoms with van der Waals surface area (Å²) in [6.45, 7) is 2.26. The first-order valence-corrected chi connectivity index (χ1v) is 7.41. The summed E-state index contributed by atoms with van der Waals surface area (Å²) in [6, 6.07) is 7.80. The van der Waals surface area contributed by atoms with Gasteiger partial charge in [0.05, 0.1) is 6.42 Å². The quantitative estimate of drug-likeness (QED) is 0.864. The molecule has 4 nitrogen and oxygen atoms in total. The van der Waals surface area contributed by atoms with Gasteiger partial charge in [-0.05, 0) is 42.9 Å². The van der Waals surface area contributed by atoms with Gasteiger partial charge in [-0.1, -0.05) is 30.6 Å². The zero-order chi connectivity index (χ0) is 13.9. The highest BCUT2D eigenvalue weighted by Gasteiger charge is 2.28. The minimum Gasteiger partial charge on any atom is -0.399 e. The predicted molar refractivity (Wildman–Crippen MR) is 78.3 cm³/mol. The van der Waals surface area contributed by atoms with Gasteiger partial charge >= 0.3 is 0 Å². The number of aromatic nitrogens is 2. The molecular formula is C16H21N3O. The Morgan fingerprint density at radius 2 is 2.05 bits per heavy atom. The second kappa shape index (κ2) is 5.65. The van der Waals surface area contributed by atoms with Gasteiger partial charge in [0.25, 0.3) is 0 Å². The molecule has 1 aromatic heterocycles. The molecule has 1 aliphatic carbocycles. The van der Waals surface area contributed by atoms with Crippen LogP contribution in [0.4, 0.5) is 5.69 Å². The normalized spacial score (nSPS) is 22.2. The molecule has 20 heavy (non-hydrogen) atoms. The number of nitrogens with zero attached hydrogens (tertiary/aromatic N) is 2. The molecule has 0 radical (unpaired) electrons. The molecular weight excluding hydrogens is 250 g/mol. The van der Waals surface area contributed by atoms with Crippen LogP contribution < -0.4 is 5.73 Å². The zero-order valence-electron chi connectivity index (χ0n) is 11.9. The van der Waals surface area contributed by atoms with Gasteiger partial charge in [0.2, 0.25) is 5.89 Å². The first-order chi connectivity index (χ1) is 9.74. The number of hydrogen-bond donors (Lipinski definition) is 1. The summed E-state index contributed by atoms with van der Waals surface area (Å²) in [7, 11) is 0. The molecule has 1 saturated carbocycles. The van der Waals surface area contributed by atoms with Crippen molar-refractivity contribution in [3.8, 4) is 0 Å². The highest BCUT2D eigenvalue weighted by molar-refractivity contribution is 5.39. The van der Waals surface area contributed by atoms with Gasteiger partial charge in [0.1, 0.15) is 0 Å². The molecule has 0 aliphatic heterocycles. The number of anilines is 1. The van der Waals surface area contributed by atoms with Gasteiger partial charge in [-0.3, -0.25) is 0 Å². The van der Waals surface area contributed by atoms with Gasteiger partial charge < -0.3 is 10.3 Å². The van der Waals surface area contributed by atoms with E-state index in [2.05, 4.69) is 17.1 Å². The van der Waals surface area contributed by atoms with Crippen molar-refractivity contribution < 1.29 is 4.52 Å². The van der Waals surface area contributed by atoms with E-state index in [0.717, 1.165) is 23.0 Å². The van der Waals surface area contributed by atoms with E-state index in [9.17, 15) is 0 Å². The maximum atomic E-state index is 5.68. The average molecular weight is 271 g/mol. The van der Waals surface area contributed by atoms with Crippen LogP contribution in [0.2, 0.25) is 0 Å². The molecule has 1 aromatic carbocycles. The summed E-state index contributed by atoms with van der Waals surface area (Å²) in [6.07, 6.45) is 5.63. The summed E-state index contributed by atoms with van der Waals surface area (Å²) in [5.41, 5.74) is 7.60. The van der Waals surface area contributed by atoms with Gasteiger partial charge in [-0.15, -0.1) is 0 Å². The molecule has 2 N–H and O–H groups in total. The summed E-state index contributed by atoms with van der Waals surface area (Å²) in [5.74, 6) is 2.92. The smallest absolute Gasteiger partial charge is 0.231 e. The molecule has 1 aliphatic rings. The van der Waals surface area contributed by atoms with Crippen LogP contribution in [0, 0.1) is 5.92 Å². The second-order valence-electron chi connectivity index (χ2n) is 5.75. The molecule has 1 heterocycles. The van der Waals surface area contributed by atoms with Crippen LogP contribution in [0.3, 0.4) is 0 Å². The fourth-order valence-electron chi connectivity index (χ4n) is 3.00. The summed E-state index contributed by atoms with van der Waals surface area (Å²) < 4.78 is 5.39. The maximum absolute atomic E-state index is 5.68. The summed E-state index contributed by atoms with van der Waals surface area (Å²) in [5, 5.41) is 4.17. The lowest BCUT2D eigenvalue weighted by molar-refractivity contribution is 0.374. The van der Waals surface area contributed by atoms with Crippen LogP contribution in [0.25, 0.3) is 0 Å². The molecule has 2 atom stereocenters. The highest BCUT2D eigenvalue weighted by Crippen LogP contribution is 2.38. The van der Waals surface area contributed by atoms with Crippen LogP contribution >= 0.6 is 0 Å². The van der Waals surface area contributed by atoms with E-state index in [1.54, 1.807) is 0 Å². The zero-order valence-corrected chi connectivity index (χ0v) is 11.9. The van der Waals surface area contributed by atoms with E-state index in [4.69, 9.17) is 10.3 Å². The third kappa shape index (κ3) is 2.84. The van der Waals surface area contributed by atoms with Crippen molar-refractivity contribution in [3.63, 3.8) is 0 Å². The van der Waals surface area contributed by atoms with Crippen molar-refractivity contribution >= 4 is 5.69 Å². The first kappa shape index (κ1) is 13.2. The molecule has 3 rings (SSSR count). The van der Waals surface area contributed by atoms with Crippen LogP contribution in [0.5, 0.6) is 0 Å². The van der Waals surface area contributed by atoms with Crippen LogP contribution in [-0.4, -0.2) is 10.1 Å². The summed E-state index contributed by atoms with van der Waals surface area (Å²) in [4.78, 5) is 4.57. The highest BCUT2D eigenvalue weighted by atomic mass is 16.5.